The summed E-state index contributed by atoms with van der Waals surface area (Å²) in [5.74, 6) is -0.771. The van der Waals surface area contributed by atoms with Crippen LogP contribution in [0, 0.1) is 17.0 Å². The van der Waals surface area contributed by atoms with Crippen LogP contribution in [0.5, 0.6) is 0 Å². The molecule has 1 unspecified atom stereocenters. The lowest BCUT2D eigenvalue weighted by Gasteiger charge is -2.27. The molecule has 3 aromatic rings. The second-order valence-corrected chi connectivity index (χ2v) is 7.65. The van der Waals surface area contributed by atoms with Crippen molar-refractivity contribution in [3.05, 3.63) is 123 Å². The molecule has 1 N–H and O–H groups in total. The van der Waals surface area contributed by atoms with Crippen LogP contribution in [0.1, 0.15) is 29.2 Å². The van der Waals surface area contributed by atoms with Crippen molar-refractivity contribution in [3.8, 4) is 0 Å². The van der Waals surface area contributed by atoms with Gasteiger partial charge in [0.25, 0.3) is 11.6 Å². The molecule has 0 radical (unpaired) electrons. The molecular formula is C26H22N2O4. The molecule has 0 saturated heterocycles. The largest absolute Gasteiger partial charge is 0.503 e. The summed E-state index contributed by atoms with van der Waals surface area (Å²) in [6.45, 7) is 1.96. The van der Waals surface area contributed by atoms with Gasteiger partial charge in [0.1, 0.15) is 0 Å². The van der Waals surface area contributed by atoms with Crippen molar-refractivity contribution in [1.29, 1.82) is 0 Å². The van der Waals surface area contributed by atoms with Gasteiger partial charge in [-0.25, -0.2) is 0 Å². The van der Waals surface area contributed by atoms with Crippen LogP contribution in [0.4, 0.5) is 11.4 Å². The van der Waals surface area contributed by atoms with E-state index in [1.54, 1.807) is 17.0 Å². The van der Waals surface area contributed by atoms with E-state index in [0.717, 1.165) is 11.1 Å². The van der Waals surface area contributed by atoms with E-state index in [9.17, 15) is 20.0 Å². The number of aryl methyl sites for hydroxylation is 1. The molecule has 0 saturated carbocycles. The van der Waals surface area contributed by atoms with E-state index < -0.39 is 16.9 Å². The van der Waals surface area contributed by atoms with Gasteiger partial charge in [0.2, 0.25) is 0 Å². The van der Waals surface area contributed by atoms with E-state index in [-0.39, 0.29) is 11.4 Å². The Kier molecular flexibility index (Phi) is 5.85. The number of rotatable bonds is 6. The number of hydrogen-bond donors (Lipinski definition) is 1. The number of allylic oxidation sites excluding steroid dienone is 1. The summed E-state index contributed by atoms with van der Waals surface area (Å²) in [5.41, 5.74) is 3.93. The third kappa shape index (κ3) is 4.16. The summed E-state index contributed by atoms with van der Waals surface area (Å²) in [7, 11) is 0. The molecule has 32 heavy (non-hydrogen) atoms. The van der Waals surface area contributed by atoms with E-state index in [2.05, 4.69) is 0 Å². The third-order valence-electron chi connectivity index (χ3n) is 5.49. The number of non-ortho nitro benzene ring substituents is 1. The molecule has 1 aliphatic heterocycles. The fourth-order valence-corrected chi connectivity index (χ4v) is 3.85. The van der Waals surface area contributed by atoms with Crippen LogP contribution in [0.2, 0.25) is 0 Å². The van der Waals surface area contributed by atoms with Gasteiger partial charge in [-0.05, 0) is 48.7 Å². The monoisotopic (exact) mass is 426 g/mol. The van der Waals surface area contributed by atoms with Crippen LogP contribution < -0.4 is 4.90 Å². The normalized spacial score (nSPS) is 16.2. The van der Waals surface area contributed by atoms with Crippen molar-refractivity contribution >= 4 is 23.4 Å². The fourth-order valence-electron chi connectivity index (χ4n) is 3.85. The zero-order valence-corrected chi connectivity index (χ0v) is 17.5. The summed E-state index contributed by atoms with van der Waals surface area (Å²) < 4.78 is 0. The highest BCUT2D eigenvalue weighted by Gasteiger charge is 2.40. The molecule has 0 aromatic heterocycles. The summed E-state index contributed by atoms with van der Waals surface area (Å²) in [6.07, 6.45) is 4.20. The van der Waals surface area contributed by atoms with Crippen molar-refractivity contribution in [3.63, 3.8) is 0 Å². The lowest BCUT2D eigenvalue weighted by molar-refractivity contribution is -0.384. The first-order chi connectivity index (χ1) is 15.5. The zero-order chi connectivity index (χ0) is 22.7. The van der Waals surface area contributed by atoms with Crippen molar-refractivity contribution in [2.45, 2.75) is 19.4 Å². The van der Waals surface area contributed by atoms with Gasteiger partial charge in [0.05, 0.1) is 11.0 Å². The lowest BCUT2D eigenvalue weighted by atomic mass is 9.96. The SMILES string of the molecule is Cc1ccc(N2C(=O)C(O)=C(CC=Cc3ccccc3)C2c2ccc([N+](=O)[O-])cc2)cc1. The molecule has 1 heterocycles. The number of aliphatic hydroxyl groups excluding tert-OH is 1. The number of anilines is 1. The molecular weight excluding hydrogens is 404 g/mol. The quantitative estimate of drug-likeness (QED) is 0.392. The Balaban J connectivity index is 1.73. The highest BCUT2D eigenvalue weighted by Crippen LogP contribution is 2.42. The molecule has 0 spiro atoms. The van der Waals surface area contributed by atoms with Crippen LogP contribution in [-0.2, 0) is 4.79 Å². The van der Waals surface area contributed by atoms with E-state index in [1.165, 1.54) is 12.1 Å². The summed E-state index contributed by atoms with van der Waals surface area (Å²) in [4.78, 5) is 25.2. The molecule has 3 aromatic carbocycles. The Morgan fingerprint density at radius 2 is 1.66 bits per heavy atom. The van der Waals surface area contributed by atoms with Gasteiger partial charge in [0.15, 0.2) is 5.76 Å². The highest BCUT2D eigenvalue weighted by molar-refractivity contribution is 6.08. The van der Waals surface area contributed by atoms with Crippen LogP contribution in [0.3, 0.4) is 0 Å². The maximum atomic E-state index is 13.1. The Morgan fingerprint density at radius 3 is 2.28 bits per heavy atom. The lowest BCUT2D eigenvalue weighted by Crippen LogP contribution is -2.30. The van der Waals surface area contributed by atoms with E-state index >= 15 is 0 Å². The van der Waals surface area contributed by atoms with Gasteiger partial charge >= 0.3 is 0 Å². The molecule has 0 aliphatic carbocycles. The standard InChI is InChI=1S/C26H22N2O4/c1-18-10-14-21(15-11-18)27-24(20-12-16-22(17-13-20)28(31)32)23(25(29)26(27)30)9-5-8-19-6-3-2-4-7-19/h2-8,10-17,24,29H,9H2,1H3. The topological polar surface area (TPSA) is 83.7 Å². The van der Waals surface area contributed by atoms with Crippen molar-refractivity contribution in [1.82, 2.24) is 0 Å². The molecule has 4 rings (SSSR count). The van der Waals surface area contributed by atoms with Gasteiger partial charge < -0.3 is 5.11 Å². The predicted octanol–water partition coefficient (Wildman–Crippen LogP) is 5.91. The summed E-state index contributed by atoms with van der Waals surface area (Å²) in [5, 5.41) is 21.8. The molecule has 0 bridgehead atoms. The zero-order valence-electron chi connectivity index (χ0n) is 17.5. The van der Waals surface area contributed by atoms with Gasteiger partial charge in [-0.2, -0.15) is 0 Å². The number of nitro groups is 1. The minimum absolute atomic E-state index is 0.0290. The molecule has 1 atom stereocenters. The number of hydrogen-bond acceptors (Lipinski definition) is 4. The van der Waals surface area contributed by atoms with Crippen LogP contribution in [0.25, 0.3) is 6.08 Å². The second-order valence-electron chi connectivity index (χ2n) is 7.65. The number of carbonyl (C=O) groups is 1. The van der Waals surface area contributed by atoms with Gasteiger partial charge in [-0.1, -0.05) is 60.2 Å². The smallest absolute Gasteiger partial charge is 0.293 e. The molecule has 1 aliphatic rings. The average molecular weight is 426 g/mol. The predicted molar refractivity (Wildman–Crippen MR) is 124 cm³/mol. The first-order valence-corrected chi connectivity index (χ1v) is 10.2. The number of benzene rings is 3. The third-order valence-corrected chi connectivity index (χ3v) is 5.49. The number of aliphatic hydroxyl groups is 1. The fraction of sp³-hybridized carbons (Fsp3) is 0.115. The van der Waals surface area contributed by atoms with E-state index in [4.69, 9.17) is 0 Å². The van der Waals surface area contributed by atoms with Crippen molar-refractivity contribution in [2.24, 2.45) is 0 Å². The highest BCUT2D eigenvalue weighted by atomic mass is 16.6. The van der Waals surface area contributed by atoms with E-state index in [0.29, 0.717) is 23.2 Å². The van der Waals surface area contributed by atoms with Crippen LogP contribution in [-0.4, -0.2) is 15.9 Å². The molecule has 1 amide bonds. The number of amides is 1. The van der Waals surface area contributed by atoms with Gasteiger partial charge in [-0.3, -0.25) is 19.8 Å². The average Bonchev–Trinajstić information content (AvgIpc) is 3.05. The van der Waals surface area contributed by atoms with Crippen molar-refractivity contribution in [2.75, 3.05) is 4.90 Å². The van der Waals surface area contributed by atoms with E-state index in [1.807, 2.05) is 73.7 Å². The second kappa shape index (κ2) is 8.89. The Bertz CT molecular complexity index is 1200. The maximum Gasteiger partial charge on any atom is 0.293 e. The van der Waals surface area contributed by atoms with Crippen LogP contribution in [0.15, 0.2) is 96.3 Å². The van der Waals surface area contributed by atoms with Crippen LogP contribution >= 0.6 is 0 Å². The minimum atomic E-state index is -0.563. The van der Waals surface area contributed by atoms with Gasteiger partial charge in [0, 0.05) is 23.4 Å². The Labute approximate surface area is 185 Å². The summed E-state index contributed by atoms with van der Waals surface area (Å²) >= 11 is 0. The maximum absolute atomic E-state index is 13.1. The summed E-state index contributed by atoms with van der Waals surface area (Å²) in [6, 6.07) is 22.8. The number of carbonyl (C=O) groups excluding carboxylic acids is 1. The molecule has 0 fully saturated rings. The first kappa shape index (κ1) is 21.1. The first-order valence-electron chi connectivity index (χ1n) is 10.2. The minimum Gasteiger partial charge on any atom is -0.503 e. The Hall–Kier alpha value is -4.19. The molecule has 160 valence electrons. The number of nitrogens with zero attached hydrogens (tertiary/aromatic N) is 2. The van der Waals surface area contributed by atoms with Gasteiger partial charge in [-0.15, -0.1) is 0 Å². The number of nitro benzene ring substituents is 1. The Morgan fingerprint density at radius 1 is 1.00 bits per heavy atom. The molecule has 6 nitrogen and oxygen atoms in total. The van der Waals surface area contributed by atoms with Crippen molar-refractivity contribution < 1.29 is 14.8 Å². The molecule has 6 heteroatoms.